The SMILES string of the molecule is O=C(O)CCn1ccc(C=C2CN(C(C(=O)C3CC3)c3ccccc3F)CC[C@@H]2S)n1. The Hall–Kier alpha value is -2.45. The lowest BCUT2D eigenvalue weighted by molar-refractivity contribution is -0.137. The molecule has 1 aromatic carbocycles. The topological polar surface area (TPSA) is 75.4 Å². The van der Waals surface area contributed by atoms with E-state index in [0.29, 0.717) is 25.2 Å². The second-order valence-corrected chi connectivity index (χ2v) is 8.87. The van der Waals surface area contributed by atoms with Gasteiger partial charge < -0.3 is 5.11 Å². The van der Waals surface area contributed by atoms with Gasteiger partial charge in [-0.25, -0.2) is 4.39 Å². The number of piperidine rings is 1. The normalized spacial score (nSPS) is 21.9. The minimum absolute atomic E-state index is 0.00819. The Morgan fingerprint density at radius 1 is 1.26 bits per heavy atom. The molecule has 1 aromatic heterocycles. The zero-order valence-electron chi connectivity index (χ0n) is 17.2. The lowest BCUT2D eigenvalue weighted by Gasteiger charge is -2.37. The molecule has 2 aliphatic rings. The molecule has 4 rings (SSSR count). The van der Waals surface area contributed by atoms with Crippen molar-refractivity contribution in [3.05, 3.63) is 59.2 Å². The van der Waals surface area contributed by atoms with Crippen LogP contribution < -0.4 is 0 Å². The maximum Gasteiger partial charge on any atom is 0.305 e. The van der Waals surface area contributed by atoms with Gasteiger partial charge in [-0.05, 0) is 43.0 Å². The molecule has 31 heavy (non-hydrogen) atoms. The minimum Gasteiger partial charge on any atom is -0.481 e. The van der Waals surface area contributed by atoms with Crippen molar-refractivity contribution in [3.8, 4) is 0 Å². The number of nitrogens with zero attached hydrogens (tertiary/aromatic N) is 3. The van der Waals surface area contributed by atoms with Crippen molar-refractivity contribution in [1.82, 2.24) is 14.7 Å². The molecule has 6 nitrogen and oxygen atoms in total. The van der Waals surface area contributed by atoms with E-state index in [4.69, 9.17) is 17.7 Å². The Bertz CT molecular complexity index is 1000. The number of hydrogen-bond acceptors (Lipinski definition) is 5. The number of carbonyl (C=O) groups excluding carboxylic acids is 1. The molecular formula is C23H26FN3O3S. The van der Waals surface area contributed by atoms with Gasteiger partial charge in [-0.2, -0.15) is 17.7 Å². The first kappa shape index (κ1) is 21.8. The second-order valence-electron chi connectivity index (χ2n) is 8.24. The molecule has 1 unspecified atom stereocenters. The van der Waals surface area contributed by atoms with Crippen LogP contribution in [-0.4, -0.2) is 49.9 Å². The smallest absolute Gasteiger partial charge is 0.305 e. The van der Waals surface area contributed by atoms with Gasteiger partial charge in [0.25, 0.3) is 0 Å². The van der Waals surface area contributed by atoms with Gasteiger partial charge in [0.05, 0.1) is 24.7 Å². The number of Topliss-reactive ketones (excluding diaryl/α,β-unsaturated/α-hetero) is 1. The fourth-order valence-corrected chi connectivity index (χ4v) is 4.32. The van der Waals surface area contributed by atoms with Gasteiger partial charge in [-0.3, -0.25) is 19.2 Å². The highest BCUT2D eigenvalue weighted by molar-refractivity contribution is 7.81. The summed E-state index contributed by atoms with van der Waals surface area (Å²) in [7, 11) is 0. The number of ketones is 1. The average Bonchev–Trinajstić information content (AvgIpc) is 3.50. The van der Waals surface area contributed by atoms with E-state index in [9.17, 15) is 14.0 Å². The molecule has 0 amide bonds. The fourth-order valence-electron chi connectivity index (χ4n) is 4.05. The summed E-state index contributed by atoms with van der Waals surface area (Å²) in [6.45, 7) is 1.48. The van der Waals surface area contributed by atoms with E-state index in [2.05, 4.69) is 10.00 Å². The molecule has 2 heterocycles. The summed E-state index contributed by atoms with van der Waals surface area (Å²) in [6, 6.07) is 7.78. The van der Waals surface area contributed by atoms with Crippen molar-refractivity contribution >= 4 is 30.5 Å². The number of aliphatic carboxylic acids is 1. The maximum absolute atomic E-state index is 14.6. The fraction of sp³-hybridized carbons (Fsp3) is 0.435. The molecule has 0 radical (unpaired) electrons. The Balaban J connectivity index is 1.56. The third-order valence-corrected chi connectivity index (χ3v) is 6.46. The number of carbonyl (C=O) groups is 2. The average molecular weight is 444 g/mol. The monoisotopic (exact) mass is 443 g/mol. The number of rotatable bonds is 8. The molecule has 2 fully saturated rings. The number of carboxylic acid groups (broad SMARTS) is 1. The van der Waals surface area contributed by atoms with E-state index >= 15 is 0 Å². The van der Waals surface area contributed by atoms with Crippen LogP contribution in [0.4, 0.5) is 4.39 Å². The molecule has 0 spiro atoms. The number of halogens is 1. The van der Waals surface area contributed by atoms with Gasteiger partial charge in [0.15, 0.2) is 5.78 Å². The highest BCUT2D eigenvalue weighted by Crippen LogP contribution is 2.39. The van der Waals surface area contributed by atoms with E-state index in [1.807, 2.05) is 12.1 Å². The lowest BCUT2D eigenvalue weighted by atomic mass is 9.93. The standard InChI is InChI=1S/C23H26FN3O3S/c24-19-4-2-1-3-18(19)22(23(30)15-5-6-15)26-10-8-20(31)16(14-26)13-17-7-11-27(25-17)12-9-21(28)29/h1-4,7,11,13,15,20,22,31H,5-6,8-10,12,14H2,(H,28,29)/t20-,22?/m0/s1. The Morgan fingerprint density at radius 3 is 2.74 bits per heavy atom. The van der Waals surface area contributed by atoms with Gasteiger partial charge in [0, 0.05) is 36.0 Å². The molecule has 1 aliphatic heterocycles. The summed E-state index contributed by atoms with van der Waals surface area (Å²) in [5.74, 6) is -1.10. The van der Waals surface area contributed by atoms with Crippen LogP contribution in [0.1, 0.15) is 43.0 Å². The van der Waals surface area contributed by atoms with Crippen LogP contribution in [-0.2, 0) is 16.1 Å². The summed E-state index contributed by atoms with van der Waals surface area (Å²) in [5.41, 5.74) is 2.18. The molecule has 1 saturated carbocycles. The van der Waals surface area contributed by atoms with Crippen LogP contribution in [0.3, 0.4) is 0 Å². The van der Waals surface area contributed by atoms with Crippen molar-refractivity contribution in [2.45, 2.75) is 43.5 Å². The zero-order valence-corrected chi connectivity index (χ0v) is 18.0. The van der Waals surface area contributed by atoms with Crippen molar-refractivity contribution in [2.75, 3.05) is 13.1 Å². The quantitative estimate of drug-likeness (QED) is 0.610. The predicted octanol–water partition coefficient (Wildman–Crippen LogP) is 3.60. The lowest BCUT2D eigenvalue weighted by Crippen LogP contribution is -2.42. The van der Waals surface area contributed by atoms with E-state index in [0.717, 1.165) is 30.5 Å². The van der Waals surface area contributed by atoms with Crippen LogP contribution in [0.15, 0.2) is 42.1 Å². The molecule has 1 N–H and O–H groups in total. The van der Waals surface area contributed by atoms with Crippen molar-refractivity contribution in [2.24, 2.45) is 5.92 Å². The van der Waals surface area contributed by atoms with Crippen LogP contribution >= 0.6 is 12.6 Å². The first-order valence-corrected chi connectivity index (χ1v) is 11.1. The third-order valence-electron chi connectivity index (χ3n) is 5.87. The number of thiol groups is 1. The number of carboxylic acids is 1. The van der Waals surface area contributed by atoms with E-state index in [-0.39, 0.29) is 29.2 Å². The molecule has 1 saturated heterocycles. The number of benzene rings is 1. The van der Waals surface area contributed by atoms with Gasteiger partial charge in [-0.1, -0.05) is 18.2 Å². The van der Waals surface area contributed by atoms with Crippen molar-refractivity contribution in [1.29, 1.82) is 0 Å². The summed E-state index contributed by atoms with van der Waals surface area (Å²) in [5, 5.41) is 13.3. The number of aryl methyl sites for hydroxylation is 1. The van der Waals surface area contributed by atoms with E-state index in [1.54, 1.807) is 29.1 Å². The Labute approximate surface area is 186 Å². The van der Waals surface area contributed by atoms with Crippen LogP contribution in [0.2, 0.25) is 0 Å². The van der Waals surface area contributed by atoms with Crippen LogP contribution in [0, 0.1) is 11.7 Å². The number of aromatic nitrogens is 2. The molecule has 1 aliphatic carbocycles. The molecule has 164 valence electrons. The Morgan fingerprint density at radius 2 is 2.03 bits per heavy atom. The highest BCUT2D eigenvalue weighted by atomic mass is 32.1. The minimum atomic E-state index is -0.867. The molecular weight excluding hydrogens is 417 g/mol. The van der Waals surface area contributed by atoms with Crippen LogP contribution in [0.5, 0.6) is 0 Å². The largest absolute Gasteiger partial charge is 0.481 e. The molecule has 0 bridgehead atoms. The van der Waals surface area contributed by atoms with E-state index in [1.165, 1.54) is 6.07 Å². The van der Waals surface area contributed by atoms with Crippen molar-refractivity contribution < 1.29 is 19.1 Å². The first-order chi connectivity index (χ1) is 14.9. The second kappa shape index (κ2) is 9.36. The summed E-state index contributed by atoms with van der Waals surface area (Å²) < 4.78 is 16.2. The molecule has 8 heteroatoms. The maximum atomic E-state index is 14.6. The van der Waals surface area contributed by atoms with Crippen molar-refractivity contribution in [3.63, 3.8) is 0 Å². The molecule has 2 atom stereocenters. The van der Waals surface area contributed by atoms with Crippen LogP contribution in [0.25, 0.3) is 6.08 Å². The van der Waals surface area contributed by atoms with Gasteiger partial charge in [0.2, 0.25) is 0 Å². The third kappa shape index (κ3) is 5.25. The molecule has 2 aromatic rings. The predicted molar refractivity (Wildman–Crippen MR) is 118 cm³/mol. The number of likely N-dealkylation sites (tertiary alicyclic amines) is 1. The summed E-state index contributed by atoms with van der Waals surface area (Å²) in [4.78, 5) is 25.9. The first-order valence-electron chi connectivity index (χ1n) is 10.6. The number of hydrogen-bond donors (Lipinski definition) is 2. The van der Waals surface area contributed by atoms with E-state index < -0.39 is 12.0 Å². The summed E-state index contributed by atoms with van der Waals surface area (Å²) >= 11 is 4.72. The summed E-state index contributed by atoms with van der Waals surface area (Å²) in [6.07, 6.45) is 6.21. The highest BCUT2D eigenvalue weighted by Gasteiger charge is 2.40. The van der Waals surface area contributed by atoms with Gasteiger partial charge in [-0.15, -0.1) is 0 Å². The van der Waals surface area contributed by atoms with Gasteiger partial charge >= 0.3 is 5.97 Å². The zero-order chi connectivity index (χ0) is 22.0. The van der Waals surface area contributed by atoms with Gasteiger partial charge in [0.1, 0.15) is 5.82 Å². The Kier molecular flexibility index (Phi) is 6.57.